The van der Waals surface area contributed by atoms with Crippen LogP contribution in [0.3, 0.4) is 0 Å². The Hall–Kier alpha value is -2.40. The van der Waals surface area contributed by atoms with E-state index in [1.807, 2.05) is 12.1 Å². The van der Waals surface area contributed by atoms with Crippen molar-refractivity contribution in [1.29, 1.82) is 0 Å². The van der Waals surface area contributed by atoms with Gasteiger partial charge in [0, 0.05) is 5.02 Å². The van der Waals surface area contributed by atoms with Gasteiger partial charge >= 0.3 is 5.97 Å². The number of nitrogens with one attached hydrogen (secondary N) is 1. The van der Waals surface area contributed by atoms with Gasteiger partial charge in [0.25, 0.3) is 5.91 Å². The molecule has 1 aliphatic carbocycles. The topological polar surface area (TPSA) is 55.4 Å². The van der Waals surface area contributed by atoms with E-state index in [-0.39, 0.29) is 10.7 Å². The first kappa shape index (κ1) is 17.4. The lowest BCUT2D eigenvalue weighted by atomic mass is 10.1. The van der Waals surface area contributed by atoms with Crippen molar-refractivity contribution in [3.05, 3.63) is 63.9 Å². The molecule has 1 aliphatic rings. The number of halogens is 2. The first-order valence-electron chi connectivity index (χ1n) is 8.03. The average molecular weight is 362 g/mol. The van der Waals surface area contributed by atoms with Crippen LogP contribution in [0, 0.1) is 5.82 Å². The molecule has 25 heavy (non-hydrogen) atoms. The van der Waals surface area contributed by atoms with Gasteiger partial charge in [0.05, 0.1) is 11.3 Å². The number of carbonyl (C=O) groups excluding carboxylic acids is 2. The Bertz CT molecular complexity index is 837. The van der Waals surface area contributed by atoms with Gasteiger partial charge in [0.2, 0.25) is 0 Å². The molecule has 2 aromatic rings. The molecule has 6 heteroatoms. The summed E-state index contributed by atoms with van der Waals surface area (Å²) < 4.78 is 18.9. The highest BCUT2D eigenvalue weighted by atomic mass is 35.5. The Kier molecular flexibility index (Phi) is 5.04. The molecule has 1 amide bonds. The molecule has 0 heterocycles. The second-order valence-corrected chi connectivity index (χ2v) is 6.43. The van der Waals surface area contributed by atoms with E-state index in [1.54, 1.807) is 6.07 Å². The molecule has 3 rings (SSSR count). The minimum Gasteiger partial charge on any atom is -0.449 e. The van der Waals surface area contributed by atoms with Crippen LogP contribution in [0.1, 0.15) is 34.8 Å². The van der Waals surface area contributed by atoms with Crippen LogP contribution in [0.5, 0.6) is 0 Å². The average Bonchev–Trinajstić information content (AvgIpc) is 3.04. The Morgan fingerprint density at radius 1 is 1.16 bits per heavy atom. The Morgan fingerprint density at radius 3 is 2.68 bits per heavy atom. The van der Waals surface area contributed by atoms with Gasteiger partial charge in [-0.05, 0) is 67.6 Å². The zero-order valence-corrected chi connectivity index (χ0v) is 14.4. The highest BCUT2D eigenvalue weighted by Gasteiger charge is 2.21. The number of hydrogen-bond donors (Lipinski definition) is 1. The van der Waals surface area contributed by atoms with Crippen LogP contribution >= 0.6 is 11.6 Å². The maximum atomic E-state index is 13.7. The number of ether oxygens (including phenoxy) is 1. The third-order valence-corrected chi connectivity index (χ3v) is 4.41. The number of aryl methyl sites for hydroxylation is 2. The largest absolute Gasteiger partial charge is 0.449 e. The maximum Gasteiger partial charge on any atom is 0.338 e. The second kappa shape index (κ2) is 7.23. The molecule has 0 aliphatic heterocycles. The predicted octanol–water partition coefficient (Wildman–Crippen LogP) is 4.15. The molecule has 1 unspecified atom stereocenters. The monoisotopic (exact) mass is 361 g/mol. The van der Waals surface area contributed by atoms with Gasteiger partial charge in [0.15, 0.2) is 6.10 Å². The number of amides is 1. The molecule has 130 valence electrons. The summed E-state index contributed by atoms with van der Waals surface area (Å²) >= 11 is 5.67. The van der Waals surface area contributed by atoms with Crippen molar-refractivity contribution in [2.75, 3.05) is 5.32 Å². The van der Waals surface area contributed by atoms with Gasteiger partial charge < -0.3 is 10.1 Å². The molecular formula is C19H17ClFNO3. The molecular weight excluding hydrogens is 345 g/mol. The van der Waals surface area contributed by atoms with Crippen LogP contribution in [0.4, 0.5) is 10.1 Å². The number of anilines is 1. The van der Waals surface area contributed by atoms with E-state index in [1.165, 1.54) is 24.6 Å². The summed E-state index contributed by atoms with van der Waals surface area (Å²) in [4.78, 5) is 24.3. The lowest BCUT2D eigenvalue weighted by Gasteiger charge is -2.14. The fourth-order valence-electron chi connectivity index (χ4n) is 2.81. The molecule has 0 spiro atoms. The number of esters is 1. The Labute approximate surface area is 149 Å². The van der Waals surface area contributed by atoms with Crippen LogP contribution in [-0.4, -0.2) is 18.0 Å². The highest BCUT2D eigenvalue weighted by molar-refractivity contribution is 6.30. The number of fused-ring (bicyclic) bond motifs is 1. The van der Waals surface area contributed by atoms with Crippen molar-refractivity contribution in [1.82, 2.24) is 0 Å². The van der Waals surface area contributed by atoms with Crippen LogP contribution < -0.4 is 5.32 Å². The first-order chi connectivity index (χ1) is 11.9. The third-order valence-electron chi connectivity index (χ3n) is 4.18. The Morgan fingerprint density at radius 2 is 1.92 bits per heavy atom. The van der Waals surface area contributed by atoms with Gasteiger partial charge in [-0.15, -0.1) is 0 Å². The molecule has 1 N–H and O–H groups in total. The number of benzene rings is 2. The van der Waals surface area contributed by atoms with E-state index in [2.05, 4.69) is 5.32 Å². The van der Waals surface area contributed by atoms with Crippen LogP contribution in [0.25, 0.3) is 0 Å². The molecule has 0 radical (unpaired) electrons. The molecule has 0 saturated carbocycles. The van der Waals surface area contributed by atoms with Crippen molar-refractivity contribution < 1.29 is 18.7 Å². The van der Waals surface area contributed by atoms with Crippen LogP contribution in [-0.2, 0) is 22.4 Å². The predicted molar refractivity (Wildman–Crippen MR) is 93.4 cm³/mol. The molecule has 2 aromatic carbocycles. The Balaban J connectivity index is 1.63. The minimum atomic E-state index is -1.06. The fourth-order valence-corrected chi connectivity index (χ4v) is 2.96. The summed E-state index contributed by atoms with van der Waals surface area (Å²) in [6, 6.07) is 9.35. The van der Waals surface area contributed by atoms with E-state index in [0.29, 0.717) is 5.56 Å². The summed E-state index contributed by atoms with van der Waals surface area (Å²) in [5.74, 6) is -1.84. The maximum absolute atomic E-state index is 13.7. The summed E-state index contributed by atoms with van der Waals surface area (Å²) in [6.07, 6.45) is 1.99. The van der Waals surface area contributed by atoms with Crippen molar-refractivity contribution in [2.45, 2.75) is 32.3 Å². The van der Waals surface area contributed by atoms with Crippen molar-refractivity contribution in [3.8, 4) is 0 Å². The highest BCUT2D eigenvalue weighted by Crippen LogP contribution is 2.23. The minimum absolute atomic E-state index is 0.0187. The van der Waals surface area contributed by atoms with Gasteiger partial charge in [-0.3, -0.25) is 4.79 Å². The van der Waals surface area contributed by atoms with Gasteiger partial charge in [-0.25, -0.2) is 9.18 Å². The van der Waals surface area contributed by atoms with E-state index < -0.39 is 23.8 Å². The molecule has 0 fully saturated rings. The number of rotatable bonds is 4. The first-order valence-corrected chi connectivity index (χ1v) is 8.40. The van der Waals surface area contributed by atoms with E-state index in [4.69, 9.17) is 16.3 Å². The van der Waals surface area contributed by atoms with Gasteiger partial charge in [-0.1, -0.05) is 17.7 Å². The van der Waals surface area contributed by atoms with E-state index in [9.17, 15) is 14.0 Å². The van der Waals surface area contributed by atoms with E-state index >= 15 is 0 Å². The van der Waals surface area contributed by atoms with Crippen molar-refractivity contribution in [2.24, 2.45) is 0 Å². The van der Waals surface area contributed by atoms with Gasteiger partial charge in [-0.2, -0.15) is 0 Å². The second-order valence-electron chi connectivity index (χ2n) is 6.00. The fraction of sp³-hybridized carbons (Fsp3) is 0.263. The summed E-state index contributed by atoms with van der Waals surface area (Å²) in [5, 5.41) is 2.61. The third kappa shape index (κ3) is 3.99. The van der Waals surface area contributed by atoms with Crippen molar-refractivity contribution in [3.63, 3.8) is 0 Å². The zero-order chi connectivity index (χ0) is 18.0. The summed E-state index contributed by atoms with van der Waals surface area (Å²) in [6.45, 7) is 1.44. The smallest absolute Gasteiger partial charge is 0.338 e. The summed E-state index contributed by atoms with van der Waals surface area (Å²) in [5.41, 5.74) is 2.79. The van der Waals surface area contributed by atoms with Crippen LogP contribution in [0.15, 0.2) is 36.4 Å². The quantitative estimate of drug-likeness (QED) is 0.832. The molecule has 4 nitrogen and oxygen atoms in total. The summed E-state index contributed by atoms with van der Waals surface area (Å²) in [7, 11) is 0. The molecule has 0 bridgehead atoms. The number of hydrogen-bond acceptors (Lipinski definition) is 3. The van der Waals surface area contributed by atoms with E-state index in [0.717, 1.165) is 30.9 Å². The number of carbonyl (C=O) groups is 2. The van der Waals surface area contributed by atoms with Crippen LogP contribution in [0.2, 0.25) is 5.02 Å². The normalized spacial score (nSPS) is 13.9. The lowest BCUT2D eigenvalue weighted by molar-refractivity contribution is -0.123. The van der Waals surface area contributed by atoms with Gasteiger partial charge in [0.1, 0.15) is 5.82 Å². The molecule has 0 saturated heterocycles. The zero-order valence-electron chi connectivity index (χ0n) is 13.6. The molecule has 0 aromatic heterocycles. The SMILES string of the molecule is CC(OC(=O)c1ccc2c(c1)CCC2)C(=O)Nc1ccc(Cl)cc1F. The molecule has 1 atom stereocenters. The standard InChI is InChI=1S/C19H17ClFNO3/c1-11(18(23)22-17-8-7-15(20)10-16(17)21)25-19(24)14-6-5-12-3-2-4-13(12)9-14/h5-11H,2-4H2,1H3,(H,22,23). The lowest BCUT2D eigenvalue weighted by Crippen LogP contribution is -2.30. The van der Waals surface area contributed by atoms with Crippen molar-refractivity contribution >= 4 is 29.2 Å².